The lowest BCUT2D eigenvalue weighted by Gasteiger charge is -2.17. The second kappa shape index (κ2) is 7.38. The smallest absolute Gasteiger partial charge is 0.241 e. The van der Waals surface area contributed by atoms with Gasteiger partial charge >= 0.3 is 0 Å². The summed E-state index contributed by atoms with van der Waals surface area (Å²) in [5, 5.41) is 11.5. The van der Waals surface area contributed by atoms with Crippen molar-refractivity contribution in [3.05, 3.63) is 36.7 Å². The summed E-state index contributed by atoms with van der Waals surface area (Å²) in [6.07, 6.45) is 4.51. The van der Waals surface area contributed by atoms with E-state index in [2.05, 4.69) is 15.0 Å². The average Bonchev–Trinajstić information content (AvgIpc) is 2.52. The highest BCUT2D eigenvalue weighted by Crippen LogP contribution is 2.21. The van der Waals surface area contributed by atoms with Crippen LogP contribution >= 0.6 is 0 Å². The van der Waals surface area contributed by atoms with E-state index in [0.29, 0.717) is 11.8 Å². The van der Waals surface area contributed by atoms with Crippen LogP contribution in [-0.2, 0) is 10.0 Å². The van der Waals surface area contributed by atoms with Crippen LogP contribution in [0.15, 0.2) is 41.6 Å². The van der Waals surface area contributed by atoms with Crippen molar-refractivity contribution in [2.24, 2.45) is 5.73 Å². The van der Waals surface area contributed by atoms with Crippen molar-refractivity contribution < 1.29 is 8.42 Å². The van der Waals surface area contributed by atoms with Gasteiger partial charge in [-0.25, -0.2) is 13.1 Å². The van der Waals surface area contributed by atoms with Crippen LogP contribution in [0.25, 0.3) is 10.8 Å². The van der Waals surface area contributed by atoms with Gasteiger partial charge in [0.15, 0.2) is 5.96 Å². The zero-order chi connectivity index (χ0) is 16.9. The lowest BCUT2D eigenvalue weighted by atomic mass is 10.1. The second-order valence-electron chi connectivity index (χ2n) is 5.20. The number of aromatic nitrogens is 1. The van der Waals surface area contributed by atoms with Crippen LogP contribution in [0.2, 0.25) is 0 Å². The quantitative estimate of drug-likeness (QED) is 0.447. The summed E-state index contributed by atoms with van der Waals surface area (Å²) in [7, 11) is -3.61. The molecule has 1 unspecified atom stereocenters. The molecular weight excluding hydrogens is 314 g/mol. The predicted octanol–water partition coefficient (Wildman–Crippen LogP) is 1.16. The molecule has 23 heavy (non-hydrogen) atoms. The van der Waals surface area contributed by atoms with Crippen LogP contribution in [0, 0.1) is 5.41 Å². The number of nitrogens with two attached hydrogens (primary N) is 1. The molecule has 0 aliphatic rings. The standard InChI is InChI=1S/C15H21N5O2S/c1-2-12(20-15(16)17)6-9-19-23(21,22)14-5-3-4-11-10-18-8-7-13(11)14/h3-5,7-8,10,12,19H,2,6,9H2,1H3,(H4,16,17,20). The van der Waals surface area contributed by atoms with Gasteiger partial charge in [-0.2, -0.15) is 0 Å². The van der Waals surface area contributed by atoms with Crippen LogP contribution in [0.3, 0.4) is 0 Å². The van der Waals surface area contributed by atoms with Crippen molar-refractivity contribution in [3.8, 4) is 0 Å². The van der Waals surface area contributed by atoms with Gasteiger partial charge in [0.1, 0.15) is 0 Å². The number of hydrogen-bond donors (Lipinski definition) is 4. The third kappa shape index (κ3) is 4.40. The molecule has 0 fully saturated rings. The van der Waals surface area contributed by atoms with E-state index in [4.69, 9.17) is 11.1 Å². The number of sulfonamides is 1. The molecule has 1 atom stereocenters. The summed E-state index contributed by atoms with van der Waals surface area (Å²) in [5.74, 6) is -0.110. The highest BCUT2D eigenvalue weighted by atomic mass is 32.2. The molecular formula is C15H21N5O2S. The van der Waals surface area contributed by atoms with Gasteiger partial charge in [0, 0.05) is 35.8 Å². The van der Waals surface area contributed by atoms with Crippen LogP contribution < -0.4 is 15.8 Å². The van der Waals surface area contributed by atoms with Crippen LogP contribution in [0.4, 0.5) is 0 Å². The first kappa shape index (κ1) is 17.2. The Labute approximate surface area is 135 Å². The Hall–Kier alpha value is -2.19. The number of nitrogens with zero attached hydrogens (tertiary/aromatic N) is 1. The highest BCUT2D eigenvalue weighted by Gasteiger charge is 2.17. The number of fused-ring (bicyclic) bond motifs is 1. The van der Waals surface area contributed by atoms with Crippen LogP contribution in [0.1, 0.15) is 19.8 Å². The van der Waals surface area contributed by atoms with Gasteiger partial charge < -0.3 is 11.1 Å². The Morgan fingerprint density at radius 3 is 2.87 bits per heavy atom. The van der Waals surface area contributed by atoms with Crippen LogP contribution in [-0.4, -0.2) is 31.9 Å². The molecule has 1 aromatic carbocycles. The molecule has 0 aliphatic carbocycles. The Bertz CT molecular complexity index is 786. The molecule has 1 heterocycles. The van der Waals surface area contributed by atoms with E-state index in [0.717, 1.165) is 11.8 Å². The van der Waals surface area contributed by atoms with E-state index < -0.39 is 10.0 Å². The van der Waals surface area contributed by atoms with Gasteiger partial charge in [-0.05, 0) is 25.0 Å². The summed E-state index contributed by atoms with van der Waals surface area (Å²) in [6, 6.07) is 6.76. The first-order chi connectivity index (χ1) is 10.9. The Morgan fingerprint density at radius 2 is 2.17 bits per heavy atom. The number of pyridine rings is 1. The van der Waals surface area contributed by atoms with E-state index in [1.165, 1.54) is 0 Å². The molecule has 124 valence electrons. The molecule has 0 radical (unpaired) electrons. The van der Waals surface area contributed by atoms with Crippen molar-refractivity contribution in [2.75, 3.05) is 6.54 Å². The van der Waals surface area contributed by atoms with Crippen molar-refractivity contribution in [1.29, 1.82) is 5.41 Å². The number of hydrogen-bond acceptors (Lipinski definition) is 4. The van der Waals surface area contributed by atoms with Gasteiger partial charge in [0.05, 0.1) is 4.90 Å². The van der Waals surface area contributed by atoms with Crippen molar-refractivity contribution >= 4 is 26.8 Å². The third-order valence-electron chi connectivity index (χ3n) is 3.57. The molecule has 0 bridgehead atoms. The molecule has 8 heteroatoms. The fourth-order valence-electron chi connectivity index (χ4n) is 2.37. The SMILES string of the molecule is CCC(CCNS(=O)(=O)c1cccc2cnccc12)NC(=N)N. The van der Waals surface area contributed by atoms with E-state index in [9.17, 15) is 8.42 Å². The lowest BCUT2D eigenvalue weighted by Crippen LogP contribution is -2.40. The largest absolute Gasteiger partial charge is 0.370 e. The van der Waals surface area contributed by atoms with Crippen molar-refractivity contribution in [2.45, 2.75) is 30.7 Å². The van der Waals surface area contributed by atoms with E-state index in [1.54, 1.807) is 30.6 Å². The monoisotopic (exact) mass is 335 g/mol. The average molecular weight is 335 g/mol. The molecule has 0 amide bonds. The first-order valence-corrected chi connectivity index (χ1v) is 8.85. The summed E-state index contributed by atoms with van der Waals surface area (Å²) >= 11 is 0. The highest BCUT2D eigenvalue weighted by molar-refractivity contribution is 7.89. The van der Waals surface area contributed by atoms with Gasteiger partial charge in [0.25, 0.3) is 0 Å². The maximum atomic E-state index is 12.5. The molecule has 1 aromatic heterocycles. The second-order valence-corrected chi connectivity index (χ2v) is 6.94. The molecule has 5 N–H and O–H groups in total. The fraction of sp³-hybridized carbons (Fsp3) is 0.333. The molecule has 7 nitrogen and oxygen atoms in total. The number of nitrogens with one attached hydrogen (secondary N) is 3. The number of rotatable bonds is 7. The van der Waals surface area contributed by atoms with Crippen LogP contribution in [0.5, 0.6) is 0 Å². The zero-order valence-electron chi connectivity index (χ0n) is 12.9. The number of guanidine groups is 1. The fourth-order valence-corrected chi connectivity index (χ4v) is 3.65. The summed E-state index contributed by atoms with van der Waals surface area (Å²) in [6.45, 7) is 2.22. The minimum atomic E-state index is -3.61. The first-order valence-electron chi connectivity index (χ1n) is 7.37. The molecule has 2 rings (SSSR count). The Kier molecular flexibility index (Phi) is 5.51. The van der Waals surface area contributed by atoms with Crippen molar-refractivity contribution in [1.82, 2.24) is 15.0 Å². The normalized spacial score (nSPS) is 12.9. The molecule has 0 spiro atoms. The van der Waals surface area contributed by atoms with Gasteiger partial charge in [-0.1, -0.05) is 19.1 Å². The zero-order valence-corrected chi connectivity index (χ0v) is 13.7. The van der Waals surface area contributed by atoms with E-state index in [-0.39, 0.29) is 23.4 Å². The molecule has 0 saturated heterocycles. The Balaban J connectivity index is 2.11. The van der Waals surface area contributed by atoms with Gasteiger partial charge in [-0.3, -0.25) is 10.4 Å². The minimum Gasteiger partial charge on any atom is -0.370 e. The van der Waals surface area contributed by atoms with E-state index in [1.807, 2.05) is 13.0 Å². The topological polar surface area (TPSA) is 121 Å². The Morgan fingerprint density at radius 1 is 1.39 bits per heavy atom. The van der Waals surface area contributed by atoms with E-state index >= 15 is 0 Å². The predicted molar refractivity (Wildman–Crippen MR) is 90.7 cm³/mol. The minimum absolute atomic E-state index is 0.0353. The summed E-state index contributed by atoms with van der Waals surface area (Å²) in [4.78, 5) is 4.25. The molecule has 0 saturated carbocycles. The maximum absolute atomic E-state index is 12.5. The maximum Gasteiger partial charge on any atom is 0.241 e. The third-order valence-corrected chi connectivity index (χ3v) is 5.09. The lowest BCUT2D eigenvalue weighted by molar-refractivity contribution is 0.527. The summed E-state index contributed by atoms with van der Waals surface area (Å²) < 4.78 is 27.6. The summed E-state index contributed by atoms with van der Waals surface area (Å²) in [5.41, 5.74) is 5.31. The number of benzene rings is 1. The van der Waals surface area contributed by atoms with Gasteiger partial charge in [-0.15, -0.1) is 0 Å². The molecule has 0 aliphatic heterocycles. The van der Waals surface area contributed by atoms with Crippen molar-refractivity contribution in [3.63, 3.8) is 0 Å². The molecule has 2 aromatic rings. The van der Waals surface area contributed by atoms with Gasteiger partial charge in [0.2, 0.25) is 10.0 Å².